The molecule has 1 fully saturated rings. The second-order valence-corrected chi connectivity index (χ2v) is 14.1. The van der Waals surface area contributed by atoms with Crippen LogP contribution >= 0.6 is 46.8 Å². The summed E-state index contributed by atoms with van der Waals surface area (Å²) >= 11 is 8.38. The second-order valence-electron chi connectivity index (χ2n) is 10.4. The first-order chi connectivity index (χ1) is 19.2. The Hall–Kier alpha value is -0.760. The summed E-state index contributed by atoms with van der Waals surface area (Å²) in [5.74, 6) is -0.331. The van der Waals surface area contributed by atoms with Gasteiger partial charge in [-0.2, -0.15) is 25.3 Å². The second kappa shape index (κ2) is 22.8. The molecule has 5 atom stereocenters. The topological polar surface area (TPSA) is 151 Å². The molecule has 6 N–H and O–H groups in total. The molecular weight excluding hydrogens is 589 g/mol. The SMILES string of the molecule is CSSC1CC(C(=O)O)CC(NC(=O)[C@H](CCCCNC(=O)CCCCCS)NC(=O)CCCCCS)CC1N. The van der Waals surface area contributed by atoms with E-state index >= 15 is 0 Å². The first-order valence-corrected chi connectivity index (χ1v) is 18.4. The molecule has 0 spiro atoms. The number of carbonyl (C=O) groups is 4. The average Bonchev–Trinajstić information content (AvgIpc) is 3.06. The van der Waals surface area contributed by atoms with Crippen molar-refractivity contribution in [2.75, 3.05) is 24.3 Å². The molecule has 9 nitrogen and oxygen atoms in total. The highest BCUT2D eigenvalue weighted by molar-refractivity contribution is 8.76. The van der Waals surface area contributed by atoms with E-state index in [1.165, 1.54) is 0 Å². The Morgan fingerprint density at radius 1 is 0.900 bits per heavy atom. The van der Waals surface area contributed by atoms with Gasteiger partial charge in [-0.05, 0) is 82.0 Å². The zero-order valence-electron chi connectivity index (χ0n) is 23.8. The van der Waals surface area contributed by atoms with Gasteiger partial charge in [0.05, 0.1) is 5.92 Å². The quantitative estimate of drug-likeness (QED) is 0.0434. The molecule has 1 aliphatic rings. The number of carboxylic acids is 1. The molecule has 0 aromatic heterocycles. The summed E-state index contributed by atoms with van der Waals surface area (Å²) in [6.07, 6.45) is 11.2. The molecule has 0 aromatic carbocycles. The van der Waals surface area contributed by atoms with Crippen molar-refractivity contribution in [2.45, 2.75) is 113 Å². The van der Waals surface area contributed by atoms with Crippen LogP contribution in [-0.2, 0) is 19.2 Å². The van der Waals surface area contributed by atoms with Crippen molar-refractivity contribution in [1.82, 2.24) is 16.0 Å². The van der Waals surface area contributed by atoms with Gasteiger partial charge < -0.3 is 26.8 Å². The predicted octanol–water partition coefficient (Wildman–Crippen LogP) is 3.81. The lowest BCUT2D eigenvalue weighted by Crippen LogP contribution is -2.51. The Labute approximate surface area is 259 Å². The molecule has 3 amide bonds. The van der Waals surface area contributed by atoms with Gasteiger partial charge in [0.15, 0.2) is 0 Å². The zero-order chi connectivity index (χ0) is 29.8. The van der Waals surface area contributed by atoms with Crippen molar-refractivity contribution < 1.29 is 24.3 Å². The fraction of sp³-hybridized carbons (Fsp3) is 0.852. The predicted molar refractivity (Wildman–Crippen MR) is 173 cm³/mol. The number of nitrogens with one attached hydrogen (secondary N) is 3. The monoisotopic (exact) mass is 638 g/mol. The van der Waals surface area contributed by atoms with Gasteiger partial charge in [-0.25, -0.2) is 0 Å². The third kappa shape index (κ3) is 16.6. The Balaban J connectivity index is 2.71. The van der Waals surface area contributed by atoms with Gasteiger partial charge in [0.25, 0.3) is 0 Å². The number of nitrogens with two attached hydrogens (primary N) is 1. The van der Waals surface area contributed by atoms with E-state index in [9.17, 15) is 24.3 Å². The van der Waals surface area contributed by atoms with Crippen LogP contribution in [0.15, 0.2) is 0 Å². The van der Waals surface area contributed by atoms with Crippen LogP contribution < -0.4 is 21.7 Å². The van der Waals surface area contributed by atoms with Crippen LogP contribution in [0.5, 0.6) is 0 Å². The lowest BCUT2D eigenvalue weighted by molar-refractivity contribution is -0.142. The number of carboxylic acid groups (broad SMARTS) is 1. The van der Waals surface area contributed by atoms with Crippen LogP contribution in [0.3, 0.4) is 0 Å². The summed E-state index contributed by atoms with van der Waals surface area (Å²) in [5.41, 5.74) is 6.42. The lowest BCUT2D eigenvalue weighted by Gasteiger charge is -2.25. The van der Waals surface area contributed by atoms with Gasteiger partial charge in [0.1, 0.15) is 6.04 Å². The van der Waals surface area contributed by atoms with Crippen LogP contribution in [0, 0.1) is 5.92 Å². The number of carbonyl (C=O) groups excluding carboxylic acids is 3. The molecule has 40 heavy (non-hydrogen) atoms. The summed E-state index contributed by atoms with van der Waals surface area (Å²) < 4.78 is 0. The van der Waals surface area contributed by atoms with E-state index in [4.69, 9.17) is 5.73 Å². The van der Waals surface area contributed by atoms with E-state index < -0.39 is 17.9 Å². The maximum Gasteiger partial charge on any atom is 0.306 e. The van der Waals surface area contributed by atoms with E-state index in [1.54, 1.807) is 21.6 Å². The highest BCUT2D eigenvalue weighted by Crippen LogP contribution is 2.35. The van der Waals surface area contributed by atoms with Gasteiger partial charge in [-0.1, -0.05) is 34.4 Å². The van der Waals surface area contributed by atoms with E-state index in [0.29, 0.717) is 57.9 Å². The Bertz CT molecular complexity index is 764. The normalized spacial score (nSPS) is 21.7. The summed E-state index contributed by atoms with van der Waals surface area (Å²) in [6, 6.07) is -1.35. The molecular formula is C27H50N4O5S4. The Kier molecular flexibility index (Phi) is 21.2. The molecule has 0 bridgehead atoms. The molecule has 1 aliphatic carbocycles. The van der Waals surface area contributed by atoms with Gasteiger partial charge in [0.2, 0.25) is 17.7 Å². The van der Waals surface area contributed by atoms with E-state index in [1.807, 2.05) is 6.26 Å². The summed E-state index contributed by atoms with van der Waals surface area (Å²) in [6.45, 7) is 0.518. The molecule has 0 aliphatic heterocycles. The molecule has 0 heterocycles. The summed E-state index contributed by atoms with van der Waals surface area (Å²) in [7, 11) is 3.15. The van der Waals surface area contributed by atoms with Gasteiger partial charge in [-0.15, -0.1) is 0 Å². The first-order valence-electron chi connectivity index (χ1n) is 14.5. The van der Waals surface area contributed by atoms with Crippen molar-refractivity contribution in [3.8, 4) is 0 Å². The fourth-order valence-corrected chi connectivity index (χ4v) is 7.46. The molecule has 0 saturated heterocycles. The third-order valence-electron chi connectivity index (χ3n) is 7.05. The number of aliphatic carboxylic acids is 1. The minimum atomic E-state index is -0.880. The van der Waals surface area contributed by atoms with Crippen molar-refractivity contribution in [3.63, 3.8) is 0 Å². The maximum absolute atomic E-state index is 13.4. The highest BCUT2D eigenvalue weighted by Gasteiger charge is 2.36. The number of unbranched alkanes of at least 4 members (excludes halogenated alkanes) is 5. The van der Waals surface area contributed by atoms with Crippen molar-refractivity contribution in [1.29, 1.82) is 0 Å². The molecule has 4 unspecified atom stereocenters. The standard InChI is InChI=1S/C27H50N4O5S4/c1-39-40-23-17-19(27(35)36)16-20(18-21(23)28)30-26(34)22(31-25(33)12-5-3-9-15-38)10-6-7-13-29-24(32)11-4-2-8-14-37/h19-23,37-38H,2-18,28H2,1H3,(H,29,32)(H,30,34)(H,31,33)(H,35,36)/t19?,20?,21?,22-,23?/m0/s1. The van der Waals surface area contributed by atoms with Crippen LogP contribution in [0.1, 0.15) is 89.9 Å². The molecule has 1 rings (SSSR count). The van der Waals surface area contributed by atoms with Gasteiger partial charge in [-0.3, -0.25) is 19.2 Å². The summed E-state index contributed by atoms with van der Waals surface area (Å²) in [4.78, 5) is 49.9. The van der Waals surface area contributed by atoms with Crippen LogP contribution in [-0.4, -0.2) is 76.5 Å². The molecule has 1 saturated carbocycles. The fourth-order valence-electron chi connectivity index (χ4n) is 4.80. The minimum absolute atomic E-state index is 0.0102. The van der Waals surface area contributed by atoms with E-state index in [0.717, 1.165) is 50.0 Å². The number of rotatable bonds is 21. The molecule has 232 valence electrons. The zero-order valence-corrected chi connectivity index (χ0v) is 27.2. The van der Waals surface area contributed by atoms with Crippen molar-refractivity contribution in [3.05, 3.63) is 0 Å². The minimum Gasteiger partial charge on any atom is -0.481 e. The van der Waals surface area contributed by atoms with Gasteiger partial charge >= 0.3 is 5.97 Å². The van der Waals surface area contributed by atoms with Crippen LogP contribution in [0.25, 0.3) is 0 Å². The van der Waals surface area contributed by atoms with E-state index in [-0.39, 0.29) is 35.1 Å². The highest BCUT2D eigenvalue weighted by atomic mass is 33.1. The maximum atomic E-state index is 13.4. The number of hydrogen-bond acceptors (Lipinski definition) is 9. The van der Waals surface area contributed by atoms with Crippen LogP contribution in [0.4, 0.5) is 0 Å². The number of hydrogen-bond donors (Lipinski definition) is 7. The van der Waals surface area contributed by atoms with Crippen LogP contribution in [0.2, 0.25) is 0 Å². The third-order valence-corrected chi connectivity index (χ3v) is 9.99. The smallest absolute Gasteiger partial charge is 0.306 e. The Morgan fingerprint density at radius 2 is 1.55 bits per heavy atom. The van der Waals surface area contributed by atoms with E-state index in [2.05, 4.69) is 41.2 Å². The van der Waals surface area contributed by atoms with Crippen molar-refractivity contribution in [2.24, 2.45) is 11.7 Å². The average molecular weight is 639 g/mol. The molecule has 0 aromatic rings. The summed E-state index contributed by atoms with van der Waals surface area (Å²) in [5, 5.41) is 18.6. The molecule has 0 radical (unpaired) electrons. The number of amides is 3. The number of thiol groups is 2. The molecule has 13 heteroatoms. The van der Waals surface area contributed by atoms with Gasteiger partial charge in [0, 0.05) is 36.7 Å². The van der Waals surface area contributed by atoms with Crippen molar-refractivity contribution >= 4 is 70.5 Å². The largest absolute Gasteiger partial charge is 0.481 e. The lowest BCUT2D eigenvalue weighted by atomic mass is 9.97. The first kappa shape index (κ1) is 37.3. The Morgan fingerprint density at radius 3 is 2.15 bits per heavy atom.